The summed E-state index contributed by atoms with van der Waals surface area (Å²) in [5, 5.41) is 7.44. The Hall–Kier alpha value is -1.89. The third-order valence-corrected chi connectivity index (χ3v) is 3.96. The fourth-order valence-electron chi connectivity index (χ4n) is 1.50. The minimum Gasteiger partial charge on any atom is -0.398 e. The van der Waals surface area contributed by atoms with Crippen LogP contribution in [0.1, 0.15) is 5.69 Å². The van der Waals surface area contributed by atoms with E-state index in [0.29, 0.717) is 5.69 Å². The van der Waals surface area contributed by atoms with Gasteiger partial charge >= 0.3 is 0 Å². The fraction of sp³-hybridized carbons (Fsp3) is 0.200. The van der Waals surface area contributed by atoms with E-state index < -0.39 is 9.84 Å². The highest BCUT2D eigenvalue weighted by Gasteiger charge is 2.19. The molecule has 0 aliphatic heterocycles. The van der Waals surface area contributed by atoms with E-state index in [1.54, 1.807) is 31.4 Å². The standard InChI is InChI=1S/C10H12N4O2S/c1-14-6-8(12-13-14)7-17(15,16)10-5-3-2-4-9(10)11/h2-6H,7,11H2,1H3. The van der Waals surface area contributed by atoms with E-state index in [2.05, 4.69) is 10.3 Å². The number of nitrogens with zero attached hydrogens (tertiary/aromatic N) is 3. The SMILES string of the molecule is Cn1cc(CS(=O)(=O)c2ccccc2N)nn1. The third kappa shape index (κ3) is 2.44. The summed E-state index contributed by atoms with van der Waals surface area (Å²) in [4.78, 5) is 0.130. The molecule has 0 amide bonds. The van der Waals surface area contributed by atoms with Crippen molar-refractivity contribution >= 4 is 15.5 Å². The molecule has 6 nitrogen and oxygen atoms in total. The first-order valence-electron chi connectivity index (χ1n) is 4.91. The van der Waals surface area contributed by atoms with E-state index in [1.807, 2.05) is 0 Å². The molecule has 0 saturated carbocycles. The molecule has 2 rings (SSSR count). The largest absolute Gasteiger partial charge is 0.398 e. The number of hydrogen-bond donors (Lipinski definition) is 1. The van der Waals surface area contributed by atoms with Crippen molar-refractivity contribution in [1.82, 2.24) is 15.0 Å². The average Bonchev–Trinajstić information content (AvgIpc) is 2.63. The summed E-state index contributed by atoms with van der Waals surface area (Å²) in [6, 6.07) is 6.38. The van der Waals surface area contributed by atoms with Gasteiger partial charge in [-0.05, 0) is 12.1 Å². The maximum Gasteiger partial charge on any atom is 0.186 e. The van der Waals surface area contributed by atoms with E-state index in [9.17, 15) is 8.42 Å². The number of anilines is 1. The molecule has 1 aromatic heterocycles. The lowest BCUT2D eigenvalue weighted by molar-refractivity contribution is 0.595. The molecule has 0 radical (unpaired) electrons. The van der Waals surface area contributed by atoms with Gasteiger partial charge in [-0.1, -0.05) is 17.3 Å². The monoisotopic (exact) mass is 252 g/mol. The van der Waals surface area contributed by atoms with Gasteiger partial charge in [0.05, 0.1) is 16.3 Å². The Kier molecular flexibility index (Phi) is 2.84. The average molecular weight is 252 g/mol. The Labute approximate surface area is 99.0 Å². The maximum absolute atomic E-state index is 12.1. The van der Waals surface area contributed by atoms with E-state index >= 15 is 0 Å². The predicted molar refractivity (Wildman–Crippen MR) is 62.7 cm³/mol. The van der Waals surface area contributed by atoms with Crippen LogP contribution in [-0.2, 0) is 22.6 Å². The van der Waals surface area contributed by atoms with Crippen LogP contribution in [0.5, 0.6) is 0 Å². The molecule has 0 atom stereocenters. The van der Waals surface area contributed by atoms with E-state index in [4.69, 9.17) is 5.73 Å². The van der Waals surface area contributed by atoms with Gasteiger partial charge in [0.2, 0.25) is 0 Å². The quantitative estimate of drug-likeness (QED) is 0.797. The zero-order chi connectivity index (χ0) is 12.5. The summed E-state index contributed by atoms with van der Waals surface area (Å²) in [5.41, 5.74) is 6.29. The van der Waals surface area contributed by atoms with Crippen molar-refractivity contribution in [1.29, 1.82) is 0 Å². The van der Waals surface area contributed by atoms with Gasteiger partial charge in [0.25, 0.3) is 0 Å². The Bertz CT molecular complexity index is 633. The fourth-order valence-corrected chi connectivity index (χ4v) is 2.89. The van der Waals surface area contributed by atoms with E-state index in [-0.39, 0.29) is 16.3 Å². The zero-order valence-electron chi connectivity index (χ0n) is 9.24. The molecule has 0 unspecified atom stereocenters. The summed E-state index contributed by atoms with van der Waals surface area (Å²) in [7, 11) is -1.79. The third-order valence-electron chi connectivity index (χ3n) is 2.24. The van der Waals surface area contributed by atoms with Gasteiger partial charge in [0.1, 0.15) is 5.75 Å². The highest BCUT2D eigenvalue weighted by molar-refractivity contribution is 7.90. The second kappa shape index (κ2) is 4.17. The van der Waals surface area contributed by atoms with Crippen molar-refractivity contribution < 1.29 is 8.42 Å². The normalized spacial score (nSPS) is 11.6. The maximum atomic E-state index is 12.1. The van der Waals surface area contributed by atoms with Crippen molar-refractivity contribution in [2.75, 3.05) is 5.73 Å². The molecule has 7 heteroatoms. The van der Waals surface area contributed by atoms with Crippen LogP contribution < -0.4 is 5.73 Å². The molecule has 2 aromatic rings. The van der Waals surface area contributed by atoms with Gasteiger partial charge in [-0.25, -0.2) is 8.42 Å². The molecule has 17 heavy (non-hydrogen) atoms. The van der Waals surface area contributed by atoms with Gasteiger partial charge in [-0.2, -0.15) is 0 Å². The minimum absolute atomic E-state index is 0.130. The first kappa shape index (κ1) is 11.6. The Morgan fingerprint density at radius 2 is 2.06 bits per heavy atom. The zero-order valence-corrected chi connectivity index (χ0v) is 10.1. The molecule has 0 saturated heterocycles. The van der Waals surface area contributed by atoms with Crippen LogP contribution >= 0.6 is 0 Å². The smallest absolute Gasteiger partial charge is 0.186 e. The second-order valence-electron chi connectivity index (χ2n) is 3.68. The number of nitrogens with two attached hydrogens (primary N) is 1. The topological polar surface area (TPSA) is 90.9 Å². The first-order chi connectivity index (χ1) is 7.99. The van der Waals surface area contributed by atoms with Gasteiger partial charge in [-0.3, -0.25) is 4.68 Å². The van der Waals surface area contributed by atoms with Crippen LogP contribution in [0, 0.1) is 0 Å². The van der Waals surface area contributed by atoms with Crippen LogP contribution in [-0.4, -0.2) is 23.4 Å². The van der Waals surface area contributed by atoms with Crippen LogP contribution in [0.15, 0.2) is 35.4 Å². The summed E-state index contributed by atoms with van der Waals surface area (Å²) >= 11 is 0. The van der Waals surface area contributed by atoms with Crippen LogP contribution in [0.2, 0.25) is 0 Å². The highest BCUT2D eigenvalue weighted by Crippen LogP contribution is 2.21. The van der Waals surface area contributed by atoms with Crippen molar-refractivity contribution in [3.8, 4) is 0 Å². The Morgan fingerprint density at radius 3 is 2.65 bits per heavy atom. The number of aryl methyl sites for hydroxylation is 1. The van der Waals surface area contributed by atoms with Crippen LogP contribution in [0.3, 0.4) is 0 Å². The molecule has 2 N–H and O–H groups in total. The van der Waals surface area contributed by atoms with Crippen molar-refractivity contribution in [3.05, 3.63) is 36.2 Å². The Balaban J connectivity index is 2.35. The summed E-state index contributed by atoms with van der Waals surface area (Å²) in [5.74, 6) is -0.199. The number of aromatic nitrogens is 3. The van der Waals surface area contributed by atoms with Gasteiger partial charge < -0.3 is 5.73 Å². The molecule has 0 spiro atoms. The summed E-state index contributed by atoms with van der Waals surface area (Å²) in [6.45, 7) is 0. The van der Waals surface area contributed by atoms with Gasteiger partial charge in [0, 0.05) is 13.2 Å². The molecule has 0 aliphatic rings. The number of sulfone groups is 1. The molecule has 0 fully saturated rings. The summed E-state index contributed by atoms with van der Waals surface area (Å²) < 4.78 is 25.6. The molecule has 90 valence electrons. The van der Waals surface area contributed by atoms with Crippen LogP contribution in [0.4, 0.5) is 5.69 Å². The molecule has 1 aromatic carbocycles. The van der Waals surface area contributed by atoms with Crippen molar-refractivity contribution in [2.24, 2.45) is 7.05 Å². The van der Waals surface area contributed by atoms with Gasteiger partial charge in [-0.15, -0.1) is 5.10 Å². The number of rotatable bonds is 3. The molecular formula is C10H12N4O2S. The van der Waals surface area contributed by atoms with Gasteiger partial charge in [0.15, 0.2) is 9.84 Å². The molecule has 0 aliphatic carbocycles. The number of para-hydroxylation sites is 1. The second-order valence-corrected chi connectivity index (χ2v) is 5.64. The number of hydrogen-bond acceptors (Lipinski definition) is 5. The summed E-state index contributed by atoms with van der Waals surface area (Å²) in [6.07, 6.45) is 1.57. The Morgan fingerprint density at radius 1 is 1.35 bits per heavy atom. The lowest BCUT2D eigenvalue weighted by Crippen LogP contribution is -2.08. The van der Waals surface area contributed by atoms with Crippen LogP contribution in [0.25, 0.3) is 0 Å². The number of nitrogen functional groups attached to an aromatic ring is 1. The minimum atomic E-state index is -3.47. The van der Waals surface area contributed by atoms with E-state index in [1.165, 1.54) is 10.7 Å². The predicted octanol–water partition coefficient (Wildman–Crippen LogP) is 0.371. The number of benzene rings is 1. The lowest BCUT2D eigenvalue weighted by Gasteiger charge is -2.04. The highest BCUT2D eigenvalue weighted by atomic mass is 32.2. The first-order valence-corrected chi connectivity index (χ1v) is 6.57. The lowest BCUT2D eigenvalue weighted by atomic mass is 10.3. The molecular weight excluding hydrogens is 240 g/mol. The van der Waals surface area contributed by atoms with Crippen molar-refractivity contribution in [2.45, 2.75) is 10.6 Å². The molecule has 1 heterocycles. The van der Waals surface area contributed by atoms with E-state index in [0.717, 1.165) is 0 Å². The van der Waals surface area contributed by atoms with Crippen molar-refractivity contribution in [3.63, 3.8) is 0 Å². The molecule has 0 bridgehead atoms.